The van der Waals surface area contributed by atoms with Crippen molar-refractivity contribution in [3.05, 3.63) is 11.6 Å². The SMILES string of the molecule is CC(C)=CC[C@]1(CO)CCCNC1. The van der Waals surface area contributed by atoms with Gasteiger partial charge in [0.25, 0.3) is 0 Å². The molecule has 0 unspecified atom stereocenters. The minimum absolute atomic E-state index is 0.121. The number of hydrogen-bond donors (Lipinski definition) is 2. The zero-order valence-corrected chi connectivity index (χ0v) is 8.77. The minimum Gasteiger partial charge on any atom is -0.396 e. The summed E-state index contributed by atoms with van der Waals surface area (Å²) in [6.07, 6.45) is 5.60. The summed E-state index contributed by atoms with van der Waals surface area (Å²) in [5, 5.41) is 12.7. The Bertz CT molecular complexity index is 177. The van der Waals surface area contributed by atoms with Gasteiger partial charge in [-0.2, -0.15) is 0 Å². The third kappa shape index (κ3) is 3.12. The lowest BCUT2D eigenvalue weighted by Gasteiger charge is -2.35. The highest BCUT2D eigenvalue weighted by Crippen LogP contribution is 2.30. The maximum atomic E-state index is 9.39. The summed E-state index contributed by atoms with van der Waals surface area (Å²) >= 11 is 0. The van der Waals surface area contributed by atoms with E-state index >= 15 is 0 Å². The zero-order valence-electron chi connectivity index (χ0n) is 8.77. The monoisotopic (exact) mass is 183 g/mol. The summed E-state index contributed by atoms with van der Waals surface area (Å²) in [5.41, 5.74) is 1.47. The van der Waals surface area contributed by atoms with E-state index in [0.717, 1.165) is 25.9 Å². The Labute approximate surface area is 81.0 Å². The lowest BCUT2D eigenvalue weighted by molar-refractivity contribution is 0.0972. The van der Waals surface area contributed by atoms with E-state index in [2.05, 4.69) is 25.2 Å². The largest absolute Gasteiger partial charge is 0.396 e. The van der Waals surface area contributed by atoms with Crippen molar-refractivity contribution in [1.82, 2.24) is 5.32 Å². The predicted octanol–water partition coefficient (Wildman–Crippen LogP) is 1.70. The Kier molecular flexibility index (Phi) is 3.94. The molecule has 2 heteroatoms. The molecule has 1 fully saturated rings. The molecule has 0 aliphatic carbocycles. The highest BCUT2D eigenvalue weighted by atomic mass is 16.3. The molecular weight excluding hydrogens is 162 g/mol. The standard InChI is InChI=1S/C11H21NO/c1-10(2)4-6-11(9-13)5-3-7-12-8-11/h4,12-13H,3,5-9H2,1-2H3/t11-/m1/s1. The molecule has 0 aromatic heterocycles. The normalized spacial score (nSPS) is 28.5. The summed E-state index contributed by atoms with van der Waals surface area (Å²) in [6, 6.07) is 0. The Morgan fingerprint density at radius 2 is 2.31 bits per heavy atom. The van der Waals surface area contributed by atoms with E-state index in [1.165, 1.54) is 12.0 Å². The molecule has 0 spiro atoms. The molecule has 1 aliphatic heterocycles. The fraction of sp³-hybridized carbons (Fsp3) is 0.818. The van der Waals surface area contributed by atoms with Gasteiger partial charge in [0.15, 0.2) is 0 Å². The summed E-state index contributed by atoms with van der Waals surface area (Å²) in [5.74, 6) is 0. The smallest absolute Gasteiger partial charge is 0.0502 e. The Balaban J connectivity index is 2.52. The zero-order chi connectivity index (χ0) is 9.73. The van der Waals surface area contributed by atoms with E-state index in [1.54, 1.807) is 0 Å². The van der Waals surface area contributed by atoms with E-state index in [1.807, 2.05) is 0 Å². The van der Waals surface area contributed by atoms with E-state index in [0.29, 0.717) is 6.61 Å². The second-order valence-corrected chi connectivity index (χ2v) is 4.42. The van der Waals surface area contributed by atoms with Gasteiger partial charge in [0, 0.05) is 12.0 Å². The van der Waals surface area contributed by atoms with Crippen molar-refractivity contribution >= 4 is 0 Å². The number of rotatable bonds is 3. The van der Waals surface area contributed by atoms with Gasteiger partial charge in [0.2, 0.25) is 0 Å². The Morgan fingerprint density at radius 1 is 1.54 bits per heavy atom. The van der Waals surface area contributed by atoms with Crippen LogP contribution in [0.2, 0.25) is 0 Å². The van der Waals surface area contributed by atoms with Gasteiger partial charge in [-0.15, -0.1) is 0 Å². The van der Waals surface area contributed by atoms with Gasteiger partial charge in [-0.25, -0.2) is 0 Å². The van der Waals surface area contributed by atoms with E-state index in [4.69, 9.17) is 0 Å². The molecule has 1 saturated heterocycles. The van der Waals surface area contributed by atoms with Gasteiger partial charge in [-0.3, -0.25) is 0 Å². The first-order valence-electron chi connectivity index (χ1n) is 5.13. The first-order valence-corrected chi connectivity index (χ1v) is 5.13. The van der Waals surface area contributed by atoms with Crippen LogP contribution in [0.3, 0.4) is 0 Å². The molecule has 1 atom stereocenters. The van der Waals surface area contributed by atoms with Crippen molar-refractivity contribution in [3.63, 3.8) is 0 Å². The van der Waals surface area contributed by atoms with Gasteiger partial charge in [0.1, 0.15) is 0 Å². The third-order valence-electron chi connectivity index (χ3n) is 2.84. The summed E-state index contributed by atoms with van der Waals surface area (Å²) in [7, 11) is 0. The highest BCUT2D eigenvalue weighted by Gasteiger charge is 2.29. The first kappa shape index (κ1) is 10.7. The molecule has 0 bridgehead atoms. The van der Waals surface area contributed by atoms with Gasteiger partial charge >= 0.3 is 0 Å². The van der Waals surface area contributed by atoms with Crippen LogP contribution < -0.4 is 5.32 Å². The van der Waals surface area contributed by atoms with E-state index < -0.39 is 0 Å². The van der Waals surface area contributed by atoms with E-state index in [9.17, 15) is 5.11 Å². The van der Waals surface area contributed by atoms with Crippen molar-refractivity contribution in [3.8, 4) is 0 Å². The molecule has 0 radical (unpaired) electrons. The molecule has 1 aliphatic rings. The second-order valence-electron chi connectivity index (χ2n) is 4.42. The molecule has 2 nitrogen and oxygen atoms in total. The lowest BCUT2D eigenvalue weighted by Crippen LogP contribution is -2.42. The minimum atomic E-state index is 0.121. The van der Waals surface area contributed by atoms with Crippen molar-refractivity contribution < 1.29 is 5.11 Å². The van der Waals surface area contributed by atoms with Crippen LogP contribution in [0.15, 0.2) is 11.6 Å². The number of nitrogens with one attached hydrogen (secondary N) is 1. The highest BCUT2D eigenvalue weighted by molar-refractivity contribution is 4.99. The van der Waals surface area contributed by atoms with Gasteiger partial charge in [0.05, 0.1) is 6.61 Å². The fourth-order valence-electron chi connectivity index (χ4n) is 1.82. The topological polar surface area (TPSA) is 32.3 Å². The maximum Gasteiger partial charge on any atom is 0.0502 e. The van der Waals surface area contributed by atoms with Gasteiger partial charge in [-0.05, 0) is 39.7 Å². The molecule has 1 rings (SSSR count). The number of hydrogen-bond acceptors (Lipinski definition) is 2. The van der Waals surface area contributed by atoms with Crippen molar-refractivity contribution in [2.24, 2.45) is 5.41 Å². The van der Waals surface area contributed by atoms with Crippen molar-refractivity contribution in [1.29, 1.82) is 0 Å². The van der Waals surface area contributed by atoms with Gasteiger partial charge < -0.3 is 10.4 Å². The summed E-state index contributed by atoms with van der Waals surface area (Å²) in [6.45, 7) is 6.61. The Morgan fingerprint density at radius 3 is 2.77 bits per heavy atom. The molecule has 1 heterocycles. The van der Waals surface area contributed by atoms with Crippen LogP contribution in [0.5, 0.6) is 0 Å². The van der Waals surface area contributed by atoms with Crippen LogP contribution >= 0.6 is 0 Å². The number of allylic oxidation sites excluding steroid dienone is 2. The summed E-state index contributed by atoms with van der Waals surface area (Å²) in [4.78, 5) is 0. The van der Waals surface area contributed by atoms with Crippen LogP contribution in [0.4, 0.5) is 0 Å². The molecule has 0 aromatic carbocycles. The Hall–Kier alpha value is -0.340. The van der Waals surface area contributed by atoms with Crippen molar-refractivity contribution in [2.75, 3.05) is 19.7 Å². The molecule has 76 valence electrons. The molecule has 0 saturated carbocycles. The van der Waals surface area contributed by atoms with Crippen molar-refractivity contribution in [2.45, 2.75) is 33.1 Å². The number of aliphatic hydroxyl groups excluding tert-OH is 1. The maximum absolute atomic E-state index is 9.39. The lowest BCUT2D eigenvalue weighted by atomic mass is 9.78. The van der Waals surface area contributed by atoms with Crippen LogP contribution in [0, 0.1) is 5.41 Å². The van der Waals surface area contributed by atoms with Crippen LogP contribution in [-0.2, 0) is 0 Å². The molecule has 0 amide bonds. The predicted molar refractivity (Wildman–Crippen MR) is 55.7 cm³/mol. The number of aliphatic hydroxyl groups is 1. The molecule has 0 aromatic rings. The van der Waals surface area contributed by atoms with Crippen LogP contribution in [0.25, 0.3) is 0 Å². The average Bonchev–Trinajstić information content (AvgIpc) is 2.16. The third-order valence-corrected chi connectivity index (χ3v) is 2.84. The number of piperidine rings is 1. The molecular formula is C11H21NO. The quantitative estimate of drug-likeness (QED) is 0.653. The molecule has 13 heavy (non-hydrogen) atoms. The van der Waals surface area contributed by atoms with Crippen LogP contribution in [0.1, 0.15) is 33.1 Å². The fourth-order valence-corrected chi connectivity index (χ4v) is 1.82. The summed E-state index contributed by atoms with van der Waals surface area (Å²) < 4.78 is 0. The first-order chi connectivity index (χ1) is 6.18. The van der Waals surface area contributed by atoms with E-state index in [-0.39, 0.29) is 5.41 Å². The molecule has 2 N–H and O–H groups in total. The van der Waals surface area contributed by atoms with Gasteiger partial charge in [-0.1, -0.05) is 11.6 Å². The average molecular weight is 183 g/mol. The second kappa shape index (κ2) is 4.77. The van der Waals surface area contributed by atoms with Crippen LogP contribution in [-0.4, -0.2) is 24.8 Å².